The van der Waals surface area contributed by atoms with E-state index in [0.717, 1.165) is 48.5 Å². The number of allylic oxidation sites excluding steroid dienone is 1. The van der Waals surface area contributed by atoms with Gasteiger partial charge in [-0.05, 0) is 124 Å². The number of ether oxygens (including phenoxy) is 1. The van der Waals surface area contributed by atoms with Gasteiger partial charge in [0.05, 0.1) is 12.2 Å². The first-order valence-electron chi connectivity index (χ1n) is 17.7. The van der Waals surface area contributed by atoms with Gasteiger partial charge in [0.2, 0.25) is 0 Å². The molecule has 3 saturated carbocycles. The van der Waals surface area contributed by atoms with Crippen molar-refractivity contribution in [2.45, 2.75) is 171 Å². The van der Waals surface area contributed by atoms with Crippen LogP contribution in [-0.2, 0) is 4.74 Å². The van der Waals surface area contributed by atoms with Crippen LogP contribution in [0.4, 0.5) is 0 Å². The Labute approximate surface area is 246 Å². The number of nitrogens with two attached hydrogens (primary N) is 1. The highest BCUT2D eigenvalue weighted by molar-refractivity contribution is 5.25. The van der Waals surface area contributed by atoms with Gasteiger partial charge in [-0.1, -0.05) is 99.6 Å². The molecule has 0 aromatic rings. The third kappa shape index (κ3) is 8.37. The predicted octanol–water partition coefficient (Wildman–Crippen LogP) is 11.0. The van der Waals surface area contributed by atoms with E-state index in [0.29, 0.717) is 23.0 Å². The van der Waals surface area contributed by atoms with Crippen molar-refractivity contribution in [2.75, 3.05) is 6.54 Å². The Morgan fingerprint density at radius 1 is 0.897 bits per heavy atom. The summed E-state index contributed by atoms with van der Waals surface area (Å²) in [7, 11) is 0. The van der Waals surface area contributed by atoms with Crippen molar-refractivity contribution in [3.8, 4) is 0 Å². The van der Waals surface area contributed by atoms with E-state index < -0.39 is 0 Å². The highest BCUT2D eigenvalue weighted by Crippen LogP contribution is 2.67. The Morgan fingerprint density at radius 3 is 2.21 bits per heavy atom. The molecule has 9 atom stereocenters. The van der Waals surface area contributed by atoms with E-state index in [1.54, 1.807) is 5.57 Å². The molecule has 0 radical (unpaired) electrons. The summed E-state index contributed by atoms with van der Waals surface area (Å²) in [6.07, 6.45) is 22.7. The zero-order valence-electron chi connectivity index (χ0n) is 28.3. The fourth-order valence-electron chi connectivity index (χ4n) is 9.57. The van der Waals surface area contributed by atoms with Crippen LogP contribution in [0.25, 0.3) is 0 Å². The van der Waals surface area contributed by atoms with E-state index >= 15 is 0 Å². The zero-order valence-corrected chi connectivity index (χ0v) is 28.3. The summed E-state index contributed by atoms with van der Waals surface area (Å²) in [5.41, 5.74) is 7.87. The van der Waals surface area contributed by atoms with Crippen LogP contribution in [0, 0.1) is 46.3 Å². The quantitative estimate of drug-likeness (QED) is 0.277. The summed E-state index contributed by atoms with van der Waals surface area (Å²) in [6, 6.07) is 0. The second kappa shape index (κ2) is 16.3. The van der Waals surface area contributed by atoms with Crippen LogP contribution in [0.1, 0.15) is 159 Å². The molecular formula is C37H71NO. The molecule has 2 nitrogen and oxygen atoms in total. The first-order chi connectivity index (χ1) is 18.6. The number of hydrogen-bond acceptors (Lipinski definition) is 2. The lowest BCUT2D eigenvalue weighted by molar-refractivity contribution is -0.0738. The van der Waals surface area contributed by atoms with Gasteiger partial charge in [-0.15, -0.1) is 0 Å². The molecule has 0 heterocycles. The monoisotopic (exact) mass is 546 g/mol. The van der Waals surface area contributed by atoms with Gasteiger partial charge in [-0.3, -0.25) is 0 Å². The summed E-state index contributed by atoms with van der Waals surface area (Å²) in [5, 5.41) is 0. The van der Waals surface area contributed by atoms with Crippen molar-refractivity contribution in [3.63, 3.8) is 0 Å². The van der Waals surface area contributed by atoms with Crippen molar-refractivity contribution in [2.24, 2.45) is 52.1 Å². The molecule has 9 unspecified atom stereocenters. The molecule has 4 rings (SSSR count). The smallest absolute Gasteiger partial charge is 0.0616 e. The lowest BCUT2D eigenvalue weighted by Crippen LogP contribution is -2.51. The van der Waals surface area contributed by atoms with Crippen molar-refractivity contribution in [1.82, 2.24) is 0 Å². The third-order valence-electron chi connectivity index (χ3n) is 11.7. The Hall–Kier alpha value is -0.340. The fourth-order valence-corrected chi connectivity index (χ4v) is 9.57. The minimum atomic E-state index is 0.426. The first kappa shape index (κ1) is 34.9. The van der Waals surface area contributed by atoms with Crippen LogP contribution in [-0.4, -0.2) is 18.8 Å². The maximum atomic E-state index is 6.49. The SMILES string of the molecule is CC.CCCC(C)OC1CCC2(C)C(=CCC3C2CCC2(C)C(C(C)CCCC(C)C)CCC32)C1.CCCN. The normalized spacial score (nSPS) is 36.7. The van der Waals surface area contributed by atoms with Crippen LogP contribution in [0.2, 0.25) is 0 Å². The van der Waals surface area contributed by atoms with Gasteiger partial charge in [0, 0.05) is 0 Å². The molecule has 2 heteroatoms. The molecule has 3 fully saturated rings. The third-order valence-corrected chi connectivity index (χ3v) is 11.7. The highest BCUT2D eigenvalue weighted by atomic mass is 16.5. The van der Waals surface area contributed by atoms with Gasteiger partial charge in [0.15, 0.2) is 0 Å². The molecule has 0 spiro atoms. The second-order valence-electron chi connectivity index (χ2n) is 14.7. The van der Waals surface area contributed by atoms with Gasteiger partial charge < -0.3 is 10.5 Å². The van der Waals surface area contributed by atoms with Crippen LogP contribution < -0.4 is 5.73 Å². The van der Waals surface area contributed by atoms with Gasteiger partial charge in [-0.2, -0.15) is 0 Å². The molecule has 0 saturated heterocycles. The highest BCUT2D eigenvalue weighted by Gasteiger charge is 2.59. The summed E-state index contributed by atoms with van der Waals surface area (Å²) in [4.78, 5) is 0. The Morgan fingerprint density at radius 2 is 1.59 bits per heavy atom. The van der Waals surface area contributed by atoms with Crippen molar-refractivity contribution < 1.29 is 4.74 Å². The van der Waals surface area contributed by atoms with E-state index in [-0.39, 0.29) is 0 Å². The molecule has 0 aliphatic heterocycles. The second-order valence-corrected chi connectivity index (χ2v) is 14.7. The zero-order chi connectivity index (χ0) is 29.2. The molecule has 2 N–H and O–H groups in total. The average molecular weight is 546 g/mol. The molecule has 0 aromatic carbocycles. The minimum absolute atomic E-state index is 0.426. The standard InChI is InChI=1S/C32H56O.C3H9N.C2H6/c1-8-10-24(5)33-26-17-19-31(6)25(21-26)13-14-27-29-16-15-28(23(4)12-9-11-22(2)3)32(29,7)20-18-30(27)31;1-2-3-4;1-2/h13,22-24,26-30H,8-12,14-21H2,1-7H3;2-4H2,1H3;1-2H3. The van der Waals surface area contributed by atoms with E-state index in [1.165, 1.54) is 83.5 Å². The number of fused-ring (bicyclic) bond motifs is 5. The lowest BCUT2D eigenvalue weighted by Gasteiger charge is -2.58. The molecular weight excluding hydrogens is 474 g/mol. The molecule has 4 aliphatic rings. The minimum Gasteiger partial charge on any atom is -0.375 e. The van der Waals surface area contributed by atoms with Crippen molar-refractivity contribution in [1.29, 1.82) is 0 Å². The van der Waals surface area contributed by atoms with E-state index in [9.17, 15) is 0 Å². The fraction of sp³-hybridized carbons (Fsp3) is 0.946. The predicted molar refractivity (Wildman–Crippen MR) is 173 cm³/mol. The van der Waals surface area contributed by atoms with E-state index in [2.05, 4.69) is 61.5 Å². The number of rotatable bonds is 10. The van der Waals surface area contributed by atoms with E-state index in [4.69, 9.17) is 10.5 Å². The van der Waals surface area contributed by atoms with Crippen LogP contribution in [0.15, 0.2) is 11.6 Å². The molecule has 0 aromatic heterocycles. The van der Waals surface area contributed by atoms with Gasteiger partial charge in [-0.25, -0.2) is 0 Å². The van der Waals surface area contributed by atoms with Crippen molar-refractivity contribution >= 4 is 0 Å². The summed E-state index contributed by atoms with van der Waals surface area (Å²) in [5.74, 6) is 5.60. The molecule has 0 amide bonds. The summed E-state index contributed by atoms with van der Waals surface area (Å²) in [6.45, 7) is 24.2. The van der Waals surface area contributed by atoms with Gasteiger partial charge in [0.25, 0.3) is 0 Å². The molecule has 4 aliphatic carbocycles. The first-order valence-corrected chi connectivity index (χ1v) is 17.7. The summed E-state index contributed by atoms with van der Waals surface area (Å²) >= 11 is 0. The molecule has 0 bridgehead atoms. The van der Waals surface area contributed by atoms with Crippen LogP contribution in [0.5, 0.6) is 0 Å². The number of hydrogen-bond donors (Lipinski definition) is 1. The Kier molecular flexibility index (Phi) is 14.6. The lowest BCUT2D eigenvalue weighted by atomic mass is 9.47. The van der Waals surface area contributed by atoms with Gasteiger partial charge >= 0.3 is 0 Å². The largest absolute Gasteiger partial charge is 0.375 e. The maximum absolute atomic E-state index is 6.49. The molecule has 230 valence electrons. The van der Waals surface area contributed by atoms with Crippen LogP contribution in [0.3, 0.4) is 0 Å². The van der Waals surface area contributed by atoms with Crippen LogP contribution >= 0.6 is 0 Å². The maximum Gasteiger partial charge on any atom is 0.0616 e. The summed E-state index contributed by atoms with van der Waals surface area (Å²) < 4.78 is 6.49. The van der Waals surface area contributed by atoms with E-state index in [1.807, 2.05) is 13.8 Å². The Bertz CT molecular complexity index is 712. The van der Waals surface area contributed by atoms with Crippen molar-refractivity contribution in [3.05, 3.63) is 11.6 Å². The Balaban J connectivity index is 0.000000815. The topological polar surface area (TPSA) is 35.2 Å². The van der Waals surface area contributed by atoms with Gasteiger partial charge in [0.1, 0.15) is 0 Å². The molecule has 39 heavy (non-hydrogen) atoms. The average Bonchev–Trinajstić information content (AvgIpc) is 3.27.